The van der Waals surface area contributed by atoms with Crippen molar-refractivity contribution in [2.45, 2.75) is 52.2 Å². The molecule has 0 N–H and O–H groups in total. The van der Waals surface area contributed by atoms with Gasteiger partial charge in [0.2, 0.25) is 0 Å². The molecule has 2 atom stereocenters. The number of nitrogens with zero attached hydrogens (tertiary/aromatic N) is 3. The van der Waals surface area contributed by atoms with Crippen molar-refractivity contribution in [1.82, 2.24) is 9.88 Å². The molecular weight excluding hydrogens is 286 g/mol. The quantitative estimate of drug-likeness (QED) is 0.853. The van der Waals surface area contributed by atoms with E-state index in [2.05, 4.69) is 47.7 Å². The third-order valence-corrected chi connectivity index (χ3v) is 5.21. The van der Waals surface area contributed by atoms with E-state index in [0.717, 1.165) is 24.7 Å². The van der Waals surface area contributed by atoms with Crippen molar-refractivity contribution in [3.63, 3.8) is 0 Å². The molecule has 2 unspecified atom stereocenters. The summed E-state index contributed by atoms with van der Waals surface area (Å²) in [5, 5.41) is 0. The van der Waals surface area contributed by atoms with Gasteiger partial charge in [-0.15, -0.1) is 0 Å². The smallest absolute Gasteiger partial charge is 0.0678 e. The lowest BCUT2D eigenvalue weighted by atomic mass is 9.93. The van der Waals surface area contributed by atoms with Crippen LogP contribution < -0.4 is 4.90 Å². The third-order valence-electron chi connectivity index (χ3n) is 5.21. The predicted molar refractivity (Wildman–Crippen MR) is 95.0 cm³/mol. The molecule has 2 fully saturated rings. The van der Waals surface area contributed by atoms with Gasteiger partial charge in [0, 0.05) is 43.8 Å². The number of aryl methyl sites for hydroxylation is 1. The maximum Gasteiger partial charge on any atom is 0.0678 e. The van der Waals surface area contributed by atoms with Gasteiger partial charge in [0.05, 0.1) is 12.2 Å². The molecule has 23 heavy (non-hydrogen) atoms. The zero-order chi connectivity index (χ0) is 16.2. The first-order valence-corrected chi connectivity index (χ1v) is 9.15. The molecule has 4 heteroatoms. The summed E-state index contributed by atoms with van der Waals surface area (Å²) < 4.78 is 5.83. The zero-order valence-corrected chi connectivity index (χ0v) is 14.9. The number of anilines is 1. The lowest BCUT2D eigenvalue weighted by Gasteiger charge is -2.37. The number of pyridine rings is 1. The molecule has 2 aliphatic heterocycles. The number of rotatable bonds is 4. The molecule has 2 aliphatic rings. The van der Waals surface area contributed by atoms with E-state index >= 15 is 0 Å². The van der Waals surface area contributed by atoms with Crippen LogP contribution in [0.15, 0.2) is 18.3 Å². The van der Waals surface area contributed by atoms with E-state index in [9.17, 15) is 0 Å². The summed E-state index contributed by atoms with van der Waals surface area (Å²) in [6.45, 7) is 12.3. The monoisotopic (exact) mass is 317 g/mol. The highest BCUT2D eigenvalue weighted by atomic mass is 16.5. The van der Waals surface area contributed by atoms with E-state index in [0.29, 0.717) is 12.2 Å². The maximum atomic E-state index is 5.83. The Balaban J connectivity index is 1.42. The van der Waals surface area contributed by atoms with Gasteiger partial charge in [-0.25, -0.2) is 0 Å². The molecule has 0 bridgehead atoms. The summed E-state index contributed by atoms with van der Waals surface area (Å²) in [5.74, 6) is 0.877. The van der Waals surface area contributed by atoms with Crippen molar-refractivity contribution in [2.75, 3.05) is 37.6 Å². The highest BCUT2D eigenvalue weighted by molar-refractivity contribution is 5.46. The lowest BCUT2D eigenvalue weighted by Crippen LogP contribution is -2.46. The first-order chi connectivity index (χ1) is 11.1. The molecule has 1 aromatic heterocycles. The zero-order valence-electron chi connectivity index (χ0n) is 14.9. The van der Waals surface area contributed by atoms with Crippen LogP contribution in [-0.4, -0.2) is 54.8 Å². The number of morpholine rings is 1. The fraction of sp³-hybridized carbons (Fsp3) is 0.737. The van der Waals surface area contributed by atoms with E-state index in [1.165, 1.54) is 44.6 Å². The average molecular weight is 317 g/mol. The van der Waals surface area contributed by atoms with E-state index < -0.39 is 0 Å². The van der Waals surface area contributed by atoms with Crippen LogP contribution in [0.1, 0.15) is 38.8 Å². The number of hydrogen-bond acceptors (Lipinski definition) is 4. The summed E-state index contributed by atoms with van der Waals surface area (Å²) in [5.41, 5.74) is 2.45. The highest BCUT2D eigenvalue weighted by Crippen LogP contribution is 2.26. The number of piperidine rings is 1. The highest BCUT2D eigenvalue weighted by Gasteiger charge is 2.24. The molecule has 0 spiro atoms. The van der Waals surface area contributed by atoms with Gasteiger partial charge in [-0.05, 0) is 64.6 Å². The van der Waals surface area contributed by atoms with Gasteiger partial charge in [-0.2, -0.15) is 0 Å². The second-order valence-corrected chi connectivity index (χ2v) is 7.39. The second-order valence-electron chi connectivity index (χ2n) is 7.39. The average Bonchev–Trinajstić information content (AvgIpc) is 2.52. The Labute approximate surface area is 140 Å². The molecule has 0 radical (unpaired) electrons. The van der Waals surface area contributed by atoms with Gasteiger partial charge in [-0.3, -0.25) is 9.88 Å². The van der Waals surface area contributed by atoms with Gasteiger partial charge in [-0.1, -0.05) is 0 Å². The Bertz CT molecular complexity index is 489. The van der Waals surface area contributed by atoms with Crippen molar-refractivity contribution in [1.29, 1.82) is 0 Å². The second kappa shape index (κ2) is 7.63. The molecule has 2 saturated heterocycles. The van der Waals surface area contributed by atoms with Crippen LogP contribution >= 0.6 is 0 Å². The van der Waals surface area contributed by atoms with Crippen molar-refractivity contribution in [2.24, 2.45) is 5.92 Å². The van der Waals surface area contributed by atoms with Crippen LogP contribution in [0.4, 0.5) is 5.69 Å². The Morgan fingerprint density at radius 2 is 1.87 bits per heavy atom. The lowest BCUT2D eigenvalue weighted by molar-refractivity contribution is -0.0690. The Kier molecular flexibility index (Phi) is 5.54. The van der Waals surface area contributed by atoms with E-state index in [1.54, 1.807) is 0 Å². The third kappa shape index (κ3) is 4.67. The minimum atomic E-state index is 0.385. The Morgan fingerprint density at radius 3 is 2.52 bits per heavy atom. The van der Waals surface area contributed by atoms with Crippen LogP contribution in [-0.2, 0) is 4.74 Å². The normalized spacial score (nSPS) is 27.3. The SMILES string of the molecule is Cc1cc(N2CCC(CCN3CC(C)OC(C)C3)CC2)ccn1. The summed E-state index contributed by atoms with van der Waals surface area (Å²) in [4.78, 5) is 9.41. The van der Waals surface area contributed by atoms with Gasteiger partial charge < -0.3 is 9.64 Å². The van der Waals surface area contributed by atoms with E-state index in [1.807, 2.05) is 6.20 Å². The standard InChI is InChI=1S/C19H31N3O/c1-15-12-19(4-8-20-15)22-10-6-18(7-11-22)5-9-21-13-16(2)23-17(3)14-21/h4,8,12,16-18H,5-7,9-11,13-14H2,1-3H3. The first kappa shape index (κ1) is 16.7. The van der Waals surface area contributed by atoms with Crippen molar-refractivity contribution >= 4 is 5.69 Å². The summed E-state index contributed by atoms with van der Waals surface area (Å²) in [6, 6.07) is 4.35. The molecule has 0 saturated carbocycles. The molecule has 0 aromatic carbocycles. The molecule has 128 valence electrons. The van der Waals surface area contributed by atoms with Crippen LogP contribution in [0.2, 0.25) is 0 Å². The summed E-state index contributed by atoms with van der Waals surface area (Å²) >= 11 is 0. The Morgan fingerprint density at radius 1 is 1.17 bits per heavy atom. The predicted octanol–water partition coefficient (Wildman–Crippen LogP) is 3.11. The molecule has 0 aliphatic carbocycles. The minimum absolute atomic E-state index is 0.385. The molecule has 1 aromatic rings. The topological polar surface area (TPSA) is 28.6 Å². The van der Waals surface area contributed by atoms with Crippen molar-refractivity contribution in [3.8, 4) is 0 Å². The fourth-order valence-corrected chi connectivity index (χ4v) is 4.04. The van der Waals surface area contributed by atoms with Crippen molar-refractivity contribution < 1.29 is 4.74 Å². The van der Waals surface area contributed by atoms with E-state index in [-0.39, 0.29) is 0 Å². The van der Waals surface area contributed by atoms with Crippen molar-refractivity contribution in [3.05, 3.63) is 24.0 Å². The molecular formula is C19H31N3O. The summed E-state index contributed by atoms with van der Waals surface area (Å²) in [6.07, 6.45) is 6.67. The maximum absolute atomic E-state index is 5.83. The summed E-state index contributed by atoms with van der Waals surface area (Å²) in [7, 11) is 0. The molecule has 0 amide bonds. The van der Waals surface area contributed by atoms with Gasteiger partial charge in [0.1, 0.15) is 0 Å². The Hall–Kier alpha value is -1.13. The molecule has 3 rings (SSSR count). The van der Waals surface area contributed by atoms with Crippen LogP contribution in [0.3, 0.4) is 0 Å². The number of hydrogen-bond donors (Lipinski definition) is 0. The molecule has 3 heterocycles. The van der Waals surface area contributed by atoms with Crippen LogP contribution in [0.5, 0.6) is 0 Å². The fourth-order valence-electron chi connectivity index (χ4n) is 4.04. The number of aromatic nitrogens is 1. The van der Waals surface area contributed by atoms with Gasteiger partial charge >= 0.3 is 0 Å². The van der Waals surface area contributed by atoms with E-state index in [4.69, 9.17) is 4.74 Å². The largest absolute Gasteiger partial charge is 0.373 e. The van der Waals surface area contributed by atoms with Crippen LogP contribution in [0.25, 0.3) is 0 Å². The molecule has 4 nitrogen and oxygen atoms in total. The first-order valence-electron chi connectivity index (χ1n) is 9.15. The van der Waals surface area contributed by atoms with Gasteiger partial charge in [0.25, 0.3) is 0 Å². The minimum Gasteiger partial charge on any atom is -0.373 e. The number of ether oxygens (including phenoxy) is 1. The van der Waals surface area contributed by atoms with Gasteiger partial charge in [0.15, 0.2) is 0 Å². The van der Waals surface area contributed by atoms with Crippen LogP contribution in [0, 0.1) is 12.8 Å².